The summed E-state index contributed by atoms with van der Waals surface area (Å²) < 4.78 is 39.9. The molecule has 0 saturated carbocycles. The Balaban J connectivity index is 2.05. The fourth-order valence-corrected chi connectivity index (χ4v) is 5.99. The van der Waals surface area contributed by atoms with E-state index in [0.717, 1.165) is 16.3 Å². The van der Waals surface area contributed by atoms with Gasteiger partial charge in [-0.1, -0.05) is 56.3 Å². The van der Waals surface area contributed by atoms with E-state index in [1.165, 1.54) is 31.3 Å². The van der Waals surface area contributed by atoms with Crippen molar-refractivity contribution in [2.75, 3.05) is 31.6 Å². The molecule has 1 N–H and O–H groups in total. The summed E-state index contributed by atoms with van der Waals surface area (Å²) in [6.45, 7) is 5.43. The maximum absolute atomic E-state index is 14.2. The molecule has 2 atom stereocenters. The minimum atomic E-state index is -4.23. The third kappa shape index (κ3) is 8.03. The van der Waals surface area contributed by atoms with Crippen molar-refractivity contribution >= 4 is 27.5 Å². The van der Waals surface area contributed by atoms with Crippen LogP contribution in [-0.2, 0) is 26.0 Å². The molecule has 0 aliphatic carbocycles. The monoisotopic (exact) mass is 595 g/mol. The number of anilines is 1. The van der Waals surface area contributed by atoms with Crippen LogP contribution in [0.5, 0.6) is 11.5 Å². The molecule has 3 rings (SSSR count). The SMILES string of the molecule is CC[C@H](C(=O)N[C@@H](C)CC)N(CCc1ccccc1)C(=O)CN(c1ccccc1OC)S(=O)(=O)c1ccc(OC)cc1. The van der Waals surface area contributed by atoms with Gasteiger partial charge in [-0.3, -0.25) is 13.9 Å². The van der Waals surface area contributed by atoms with Gasteiger partial charge >= 0.3 is 0 Å². The third-order valence-corrected chi connectivity index (χ3v) is 8.93. The molecule has 3 aromatic carbocycles. The first-order valence-electron chi connectivity index (χ1n) is 14.1. The molecule has 0 aliphatic rings. The van der Waals surface area contributed by atoms with Crippen LogP contribution in [0.1, 0.15) is 39.2 Å². The van der Waals surface area contributed by atoms with Gasteiger partial charge in [-0.15, -0.1) is 0 Å². The molecule has 0 aliphatic heterocycles. The van der Waals surface area contributed by atoms with Crippen molar-refractivity contribution in [2.24, 2.45) is 0 Å². The van der Waals surface area contributed by atoms with Gasteiger partial charge in [0.15, 0.2) is 0 Å². The summed E-state index contributed by atoms with van der Waals surface area (Å²) in [5.41, 5.74) is 1.21. The van der Waals surface area contributed by atoms with E-state index in [4.69, 9.17) is 9.47 Å². The zero-order chi connectivity index (χ0) is 30.7. The first-order chi connectivity index (χ1) is 20.2. The lowest BCUT2D eigenvalue weighted by Gasteiger charge is -2.34. The number of carbonyl (C=O) groups is 2. The van der Waals surface area contributed by atoms with Gasteiger partial charge in [-0.05, 0) is 68.1 Å². The van der Waals surface area contributed by atoms with E-state index in [2.05, 4.69) is 5.32 Å². The zero-order valence-electron chi connectivity index (χ0n) is 24.9. The van der Waals surface area contributed by atoms with E-state index in [-0.39, 0.29) is 29.1 Å². The van der Waals surface area contributed by atoms with Gasteiger partial charge in [0.05, 0.1) is 24.8 Å². The number of sulfonamides is 1. The molecule has 0 bridgehead atoms. The highest BCUT2D eigenvalue weighted by Gasteiger charge is 2.34. The molecule has 0 aromatic heterocycles. The molecule has 0 fully saturated rings. The molecule has 3 aromatic rings. The maximum Gasteiger partial charge on any atom is 0.264 e. The molecule has 2 amide bonds. The van der Waals surface area contributed by atoms with Gasteiger partial charge < -0.3 is 19.7 Å². The number of methoxy groups -OCH3 is 2. The fraction of sp³-hybridized carbons (Fsp3) is 0.375. The molecule has 10 heteroatoms. The van der Waals surface area contributed by atoms with Crippen LogP contribution < -0.4 is 19.1 Å². The average molecular weight is 596 g/mol. The van der Waals surface area contributed by atoms with Crippen LogP contribution >= 0.6 is 0 Å². The van der Waals surface area contributed by atoms with Crippen molar-refractivity contribution in [1.29, 1.82) is 0 Å². The van der Waals surface area contributed by atoms with Crippen LogP contribution in [0.3, 0.4) is 0 Å². The number of benzene rings is 3. The number of carbonyl (C=O) groups excluding carboxylic acids is 2. The smallest absolute Gasteiger partial charge is 0.264 e. The van der Waals surface area contributed by atoms with Crippen LogP contribution in [0.4, 0.5) is 5.69 Å². The second-order valence-electron chi connectivity index (χ2n) is 9.92. The van der Waals surface area contributed by atoms with Crippen LogP contribution in [0, 0.1) is 0 Å². The van der Waals surface area contributed by atoms with E-state index in [9.17, 15) is 18.0 Å². The number of amides is 2. The molecular weight excluding hydrogens is 554 g/mol. The molecule has 9 nitrogen and oxygen atoms in total. The second-order valence-corrected chi connectivity index (χ2v) is 11.8. The summed E-state index contributed by atoms with van der Waals surface area (Å²) in [7, 11) is -1.30. The van der Waals surface area contributed by atoms with E-state index in [1.807, 2.05) is 51.1 Å². The van der Waals surface area contributed by atoms with E-state index >= 15 is 0 Å². The normalized spacial score (nSPS) is 12.6. The summed E-state index contributed by atoms with van der Waals surface area (Å²) in [4.78, 5) is 29.0. The Labute approximate surface area is 249 Å². The van der Waals surface area contributed by atoms with E-state index in [1.54, 1.807) is 36.4 Å². The first-order valence-corrected chi connectivity index (χ1v) is 15.5. The van der Waals surface area contributed by atoms with Gasteiger partial charge in [0.25, 0.3) is 10.0 Å². The lowest BCUT2D eigenvalue weighted by atomic mass is 10.1. The highest BCUT2D eigenvalue weighted by molar-refractivity contribution is 7.92. The highest BCUT2D eigenvalue weighted by Crippen LogP contribution is 2.33. The predicted octanol–water partition coefficient (Wildman–Crippen LogP) is 4.66. The Kier molecular flexibility index (Phi) is 11.8. The van der Waals surface area contributed by atoms with Gasteiger partial charge in [-0.25, -0.2) is 8.42 Å². The minimum absolute atomic E-state index is 0.0144. The Bertz CT molecular complexity index is 1410. The molecule has 226 valence electrons. The lowest BCUT2D eigenvalue weighted by Crippen LogP contribution is -2.54. The predicted molar refractivity (Wildman–Crippen MR) is 164 cm³/mol. The molecular formula is C32H41N3O6S. The Morgan fingerprint density at radius 1 is 0.857 bits per heavy atom. The minimum Gasteiger partial charge on any atom is -0.497 e. The largest absolute Gasteiger partial charge is 0.497 e. The number of rotatable bonds is 15. The van der Waals surface area contributed by atoms with Gasteiger partial charge in [0.1, 0.15) is 24.1 Å². The average Bonchev–Trinajstić information content (AvgIpc) is 3.01. The number of para-hydroxylation sites is 2. The summed E-state index contributed by atoms with van der Waals surface area (Å²) >= 11 is 0. The first kappa shape index (κ1) is 32.5. The number of hydrogen-bond donors (Lipinski definition) is 1. The number of ether oxygens (including phenoxy) is 2. The molecule has 0 heterocycles. The molecule has 0 unspecified atom stereocenters. The molecule has 0 radical (unpaired) electrons. The van der Waals surface area contributed by atoms with Gasteiger partial charge in [0, 0.05) is 12.6 Å². The van der Waals surface area contributed by atoms with Crippen molar-refractivity contribution in [2.45, 2.75) is 57.0 Å². The standard InChI is InChI=1S/C32H41N3O6S/c1-6-24(3)33-32(37)28(7-2)34(22-21-25-13-9-8-10-14-25)31(36)23-35(29-15-11-12-16-30(29)41-5)42(38,39)27-19-17-26(40-4)18-20-27/h8-20,24,28H,6-7,21-23H2,1-5H3,(H,33,37)/t24-,28+/m0/s1. The van der Waals surface area contributed by atoms with Crippen molar-refractivity contribution in [3.63, 3.8) is 0 Å². The fourth-order valence-electron chi connectivity index (χ4n) is 4.56. The molecule has 42 heavy (non-hydrogen) atoms. The van der Waals surface area contributed by atoms with Crippen molar-refractivity contribution in [3.8, 4) is 11.5 Å². The Morgan fingerprint density at radius 3 is 2.10 bits per heavy atom. The summed E-state index contributed by atoms with van der Waals surface area (Å²) in [6, 6.07) is 21.4. The number of nitrogens with zero attached hydrogens (tertiary/aromatic N) is 2. The van der Waals surface area contributed by atoms with E-state index < -0.39 is 28.5 Å². The van der Waals surface area contributed by atoms with Gasteiger partial charge in [0.2, 0.25) is 11.8 Å². The topological polar surface area (TPSA) is 105 Å². The van der Waals surface area contributed by atoms with Crippen LogP contribution in [-0.4, -0.2) is 64.5 Å². The highest BCUT2D eigenvalue weighted by atomic mass is 32.2. The van der Waals surface area contributed by atoms with Gasteiger partial charge in [-0.2, -0.15) is 0 Å². The van der Waals surface area contributed by atoms with Crippen LogP contribution in [0.15, 0.2) is 83.8 Å². The molecule has 0 spiro atoms. The number of hydrogen-bond acceptors (Lipinski definition) is 6. The molecule has 0 saturated heterocycles. The lowest BCUT2D eigenvalue weighted by molar-refractivity contribution is -0.139. The Hall–Kier alpha value is -4.05. The van der Waals surface area contributed by atoms with E-state index in [0.29, 0.717) is 24.3 Å². The zero-order valence-corrected chi connectivity index (χ0v) is 25.8. The Morgan fingerprint density at radius 2 is 1.50 bits per heavy atom. The van der Waals surface area contributed by atoms with Crippen molar-refractivity contribution < 1.29 is 27.5 Å². The third-order valence-electron chi connectivity index (χ3n) is 7.15. The van der Waals surface area contributed by atoms with Crippen LogP contribution in [0.2, 0.25) is 0 Å². The maximum atomic E-state index is 14.2. The quantitative estimate of drug-likeness (QED) is 0.274. The van der Waals surface area contributed by atoms with Crippen molar-refractivity contribution in [3.05, 3.63) is 84.4 Å². The number of nitrogens with one attached hydrogen (secondary N) is 1. The second kappa shape index (κ2) is 15.3. The summed E-state index contributed by atoms with van der Waals surface area (Å²) in [6.07, 6.45) is 1.60. The summed E-state index contributed by atoms with van der Waals surface area (Å²) in [5.74, 6) is 0.0223. The van der Waals surface area contributed by atoms with Crippen molar-refractivity contribution in [1.82, 2.24) is 10.2 Å². The summed E-state index contributed by atoms with van der Waals surface area (Å²) in [5, 5.41) is 2.99. The van der Waals surface area contributed by atoms with Crippen LogP contribution in [0.25, 0.3) is 0 Å².